The van der Waals surface area contributed by atoms with E-state index in [-0.39, 0.29) is 30.4 Å². The summed E-state index contributed by atoms with van der Waals surface area (Å²) in [5, 5.41) is 11.6. The molecule has 8 heteroatoms. The predicted molar refractivity (Wildman–Crippen MR) is 97.7 cm³/mol. The van der Waals surface area contributed by atoms with E-state index in [4.69, 9.17) is 18.9 Å². The summed E-state index contributed by atoms with van der Waals surface area (Å²) in [6.45, 7) is 4.10. The molecule has 3 fully saturated rings. The second kappa shape index (κ2) is 7.36. The van der Waals surface area contributed by atoms with Gasteiger partial charge in [-0.25, -0.2) is 4.79 Å². The number of ether oxygens (including phenoxy) is 4. The molecule has 0 amide bonds. The quantitative estimate of drug-likeness (QED) is 0.304. The van der Waals surface area contributed by atoms with Gasteiger partial charge in [-0.1, -0.05) is 28.8 Å². The van der Waals surface area contributed by atoms with Crippen molar-refractivity contribution in [3.63, 3.8) is 0 Å². The minimum Gasteiger partial charge on any atom is -0.461 e. The molecule has 2 bridgehead atoms. The van der Waals surface area contributed by atoms with Crippen molar-refractivity contribution in [3.05, 3.63) is 0 Å². The molecule has 2 aliphatic heterocycles. The molecule has 150 valence electrons. The van der Waals surface area contributed by atoms with Gasteiger partial charge in [-0.15, -0.1) is 0 Å². The van der Waals surface area contributed by atoms with Gasteiger partial charge in [-0.3, -0.25) is 4.79 Å². The van der Waals surface area contributed by atoms with Crippen LogP contribution in [0.15, 0.2) is 0 Å². The zero-order valence-electron chi connectivity index (χ0n) is 15.7. The number of hydrogen-bond donors (Lipinski definition) is 1. The van der Waals surface area contributed by atoms with Gasteiger partial charge >= 0.3 is 11.9 Å². The molecule has 7 nitrogen and oxygen atoms in total. The Kier molecular flexibility index (Phi) is 5.61. The minimum absolute atomic E-state index is 0.0789. The number of cyclic esters (lactones) is 1. The van der Waals surface area contributed by atoms with Gasteiger partial charge in [0, 0.05) is 25.9 Å². The first-order chi connectivity index (χ1) is 12.8. The molecule has 3 rings (SSSR count). The molecule has 2 saturated heterocycles. The summed E-state index contributed by atoms with van der Waals surface area (Å²) < 4.78 is 22.2. The van der Waals surface area contributed by atoms with Crippen LogP contribution >= 0.6 is 15.9 Å². The average Bonchev–Trinajstić information content (AvgIpc) is 2.85. The first-order valence-corrected chi connectivity index (χ1v) is 10.1. The highest BCUT2D eigenvalue weighted by Crippen LogP contribution is 2.65. The molecule has 0 unspecified atom stereocenters. The Balaban J connectivity index is 1.87. The van der Waals surface area contributed by atoms with Crippen molar-refractivity contribution in [2.45, 2.75) is 61.9 Å². The van der Waals surface area contributed by atoms with Gasteiger partial charge in [0.15, 0.2) is 5.79 Å². The molecule has 27 heavy (non-hydrogen) atoms. The zero-order valence-corrected chi connectivity index (χ0v) is 17.3. The molecule has 2 heterocycles. The Morgan fingerprint density at radius 1 is 1.48 bits per heavy atom. The van der Waals surface area contributed by atoms with Crippen molar-refractivity contribution < 1.29 is 33.6 Å². The summed E-state index contributed by atoms with van der Waals surface area (Å²) in [6, 6.07) is 0. The summed E-state index contributed by atoms with van der Waals surface area (Å²) in [6.07, 6.45) is 0.482. The fourth-order valence-electron chi connectivity index (χ4n) is 4.81. The molecule has 0 aromatic rings. The number of alkyl halides is 1. The summed E-state index contributed by atoms with van der Waals surface area (Å²) in [7, 11) is 1.58. The molecule has 1 aliphatic carbocycles. The lowest BCUT2D eigenvalue weighted by molar-refractivity contribution is -0.252. The van der Waals surface area contributed by atoms with Crippen LogP contribution in [-0.4, -0.2) is 59.7 Å². The normalized spacial score (nSPS) is 42.6. The third-order valence-electron chi connectivity index (χ3n) is 6.21. The number of esters is 2. The first kappa shape index (κ1) is 20.6. The van der Waals surface area contributed by atoms with E-state index in [9.17, 15) is 14.7 Å². The molecule has 0 aromatic heterocycles. The van der Waals surface area contributed by atoms with Crippen molar-refractivity contribution in [1.29, 1.82) is 0 Å². The molecule has 6 atom stereocenters. The number of carbonyl (C=O) groups excluding carboxylic acids is 2. The van der Waals surface area contributed by atoms with Crippen LogP contribution in [-0.2, 0) is 28.5 Å². The highest BCUT2D eigenvalue weighted by molar-refractivity contribution is 9.09. The topological polar surface area (TPSA) is 91.3 Å². The molecule has 1 spiro atoms. The lowest BCUT2D eigenvalue weighted by Gasteiger charge is -2.59. The van der Waals surface area contributed by atoms with E-state index in [0.717, 1.165) is 0 Å². The van der Waals surface area contributed by atoms with Crippen LogP contribution in [0.25, 0.3) is 0 Å². The van der Waals surface area contributed by atoms with Crippen LogP contribution in [0.2, 0.25) is 0 Å². The van der Waals surface area contributed by atoms with E-state index in [2.05, 4.69) is 27.8 Å². The molecule has 0 radical (unpaired) electrons. The van der Waals surface area contributed by atoms with Crippen molar-refractivity contribution in [3.8, 4) is 11.8 Å². The van der Waals surface area contributed by atoms with Gasteiger partial charge in [-0.05, 0) is 19.3 Å². The van der Waals surface area contributed by atoms with Gasteiger partial charge in [0.05, 0.1) is 35.5 Å². The van der Waals surface area contributed by atoms with E-state index in [1.165, 1.54) is 0 Å². The summed E-state index contributed by atoms with van der Waals surface area (Å²) >= 11 is 3.70. The average molecular weight is 445 g/mol. The minimum atomic E-state index is -1.27. The highest BCUT2D eigenvalue weighted by atomic mass is 79.9. The van der Waals surface area contributed by atoms with E-state index in [0.29, 0.717) is 19.3 Å². The van der Waals surface area contributed by atoms with Gasteiger partial charge < -0.3 is 24.1 Å². The van der Waals surface area contributed by atoms with Gasteiger partial charge in [0.25, 0.3) is 0 Å². The molecule has 0 aromatic carbocycles. The second-order valence-electron chi connectivity index (χ2n) is 7.45. The summed E-state index contributed by atoms with van der Waals surface area (Å²) in [4.78, 5) is 23.3. The fourth-order valence-corrected chi connectivity index (χ4v) is 6.14. The van der Waals surface area contributed by atoms with Gasteiger partial charge in [0.1, 0.15) is 6.10 Å². The fraction of sp³-hybridized carbons (Fsp3) is 0.789. The number of hydrogen-bond acceptors (Lipinski definition) is 7. The summed E-state index contributed by atoms with van der Waals surface area (Å²) in [5.74, 6) is 3.07. The standard InChI is InChI=1S/C19H25BrO7/c1-4-25-14(21)8-6-5-7-13-17-11-26-19(24-3,16(17)20)9-12(2)18(17,23)10-15(22)27-13/h12-13,16,23H,4-5,7,9-11H2,1-3H3/t12-,13-,16+,17-,18-,19+/m1/s1. The van der Waals surface area contributed by atoms with Crippen LogP contribution in [0, 0.1) is 23.2 Å². The van der Waals surface area contributed by atoms with E-state index in [1.807, 2.05) is 6.92 Å². The van der Waals surface area contributed by atoms with Crippen LogP contribution in [0.4, 0.5) is 0 Å². The summed E-state index contributed by atoms with van der Waals surface area (Å²) in [5.41, 5.74) is -2.12. The lowest BCUT2D eigenvalue weighted by Crippen LogP contribution is -2.72. The molecule has 1 saturated carbocycles. The van der Waals surface area contributed by atoms with E-state index >= 15 is 0 Å². The Morgan fingerprint density at radius 3 is 2.89 bits per heavy atom. The lowest BCUT2D eigenvalue weighted by atomic mass is 9.54. The smallest absolute Gasteiger partial charge is 0.384 e. The number of fused-ring (bicyclic) bond motifs is 1. The molecule has 3 aliphatic rings. The Morgan fingerprint density at radius 2 is 2.22 bits per heavy atom. The van der Waals surface area contributed by atoms with Gasteiger partial charge in [0.2, 0.25) is 0 Å². The third-order valence-corrected chi connectivity index (χ3v) is 7.73. The number of rotatable bonds is 4. The van der Waals surface area contributed by atoms with Crippen LogP contribution in [0.1, 0.15) is 39.5 Å². The number of aliphatic hydroxyl groups is 1. The maximum Gasteiger partial charge on any atom is 0.384 e. The maximum atomic E-state index is 12.3. The Labute approximate surface area is 167 Å². The Hall–Kier alpha value is -1.14. The van der Waals surface area contributed by atoms with E-state index < -0.39 is 34.8 Å². The highest BCUT2D eigenvalue weighted by Gasteiger charge is 2.77. The number of carbonyl (C=O) groups is 2. The van der Waals surface area contributed by atoms with Crippen LogP contribution < -0.4 is 0 Å². The molecular formula is C19H25BrO7. The van der Waals surface area contributed by atoms with Crippen molar-refractivity contribution >= 4 is 27.9 Å². The van der Waals surface area contributed by atoms with Crippen molar-refractivity contribution in [2.24, 2.45) is 11.3 Å². The first-order valence-electron chi connectivity index (χ1n) is 9.16. The van der Waals surface area contributed by atoms with Crippen molar-refractivity contribution in [1.82, 2.24) is 0 Å². The second-order valence-corrected chi connectivity index (χ2v) is 8.37. The van der Waals surface area contributed by atoms with Crippen molar-refractivity contribution in [2.75, 3.05) is 20.3 Å². The molecular weight excluding hydrogens is 420 g/mol. The zero-order chi connectivity index (χ0) is 19.9. The maximum absolute atomic E-state index is 12.3. The number of halogens is 1. The SMILES string of the molecule is CCOC(=O)C#CCC[C@H]1OC(=O)C[C@@]2(O)[C@H](C)C[C@]3(OC)OC[C@]12[C@@H]3Br. The van der Waals surface area contributed by atoms with Gasteiger partial charge in [-0.2, -0.15) is 0 Å². The number of methoxy groups -OCH3 is 1. The monoisotopic (exact) mass is 444 g/mol. The Bertz CT molecular complexity index is 685. The largest absolute Gasteiger partial charge is 0.461 e. The van der Waals surface area contributed by atoms with Crippen LogP contribution in [0.5, 0.6) is 0 Å². The van der Waals surface area contributed by atoms with Crippen LogP contribution in [0.3, 0.4) is 0 Å². The molecule has 1 N–H and O–H groups in total. The van der Waals surface area contributed by atoms with E-state index in [1.54, 1.807) is 14.0 Å². The predicted octanol–water partition coefficient (Wildman–Crippen LogP) is 1.54. The third kappa shape index (κ3) is 3.00.